The molecule has 0 amide bonds. The number of carbonyl (C=O) groups excluding carboxylic acids is 1. The highest BCUT2D eigenvalue weighted by Crippen LogP contribution is 2.09. The van der Waals surface area contributed by atoms with Crippen LogP contribution in [0.15, 0.2) is 35.3 Å². The Labute approximate surface area is 106 Å². The van der Waals surface area contributed by atoms with Gasteiger partial charge in [0.05, 0.1) is 6.34 Å². The molecule has 0 fully saturated rings. The number of para-hydroxylation sites is 1. The van der Waals surface area contributed by atoms with Crippen molar-refractivity contribution < 1.29 is 19.0 Å². The van der Waals surface area contributed by atoms with Gasteiger partial charge in [-0.05, 0) is 19.1 Å². The van der Waals surface area contributed by atoms with Gasteiger partial charge in [0.2, 0.25) is 0 Å². The normalized spacial score (nSPS) is 12.1. The Morgan fingerprint density at radius 2 is 2.17 bits per heavy atom. The van der Waals surface area contributed by atoms with Crippen LogP contribution in [0.5, 0.6) is 5.75 Å². The van der Waals surface area contributed by atoms with E-state index in [-0.39, 0.29) is 6.79 Å². The van der Waals surface area contributed by atoms with Crippen molar-refractivity contribution in [3.8, 4) is 5.75 Å². The van der Waals surface area contributed by atoms with Gasteiger partial charge in [-0.2, -0.15) is 0 Å². The molecule has 0 spiro atoms. The van der Waals surface area contributed by atoms with E-state index in [4.69, 9.17) is 14.2 Å². The predicted molar refractivity (Wildman–Crippen MR) is 66.5 cm³/mol. The lowest BCUT2D eigenvalue weighted by Gasteiger charge is -2.09. The van der Waals surface area contributed by atoms with Crippen molar-refractivity contribution in [2.45, 2.75) is 13.2 Å². The molecular weight excluding hydrogens is 236 g/mol. The Balaban J connectivity index is 2.20. The maximum Gasteiger partial charge on any atom is 0.515 e. The number of hydrogen-bond donors (Lipinski definition) is 1. The molecule has 1 rings (SSSR count). The molecule has 1 unspecified atom stereocenters. The number of ether oxygens (including phenoxy) is 3. The highest BCUT2D eigenvalue weighted by molar-refractivity contribution is 5.63. The topological polar surface area (TPSA) is 69.2 Å². The molecule has 98 valence electrons. The molecule has 0 radical (unpaired) electrons. The van der Waals surface area contributed by atoms with E-state index in [0.29, 0.717) is 5.75 Å². The fraction of sp³-hybridized carbons (Fsp3) is 0.333. The molecule has 1 aromatic carbocycles. The quantitative estimate of drug-likeness (QED) is 0.275. The van der Waals surface area contributed by atoms with Gasteiger partial charge in [0.1, 0.15) is 5.75 Å². The lowest BCUT2D eigenvalue weighted by atomic mass is 10.3. The standard InChI is InChI=1S/C12H16N2O4/c1-10(14-8-13-2)16-9-17-12(15)18-11-6-4-3-5-7-11/h3-8,10H,9H2,1-2H3,(H,13,14). The number of carbonyl (C=O) groups is 1. The molecule has 6 heteroatoms. The van der Waals surface area contributed by atoms with Gasteiger partial charge >= 0.3 is 6.16 Å². The summed E-state index contributed by atoms with van der Waals surface area (Å²) >= 11 is 0. The first-order chi connectivity index (χ1) is 8.72. The van der Waals surface area contributed by atoms with Gasteiger partial charge in [-0.3, -0.25) is 0 Å². The first kappa shape index (κ1) is 14.0. The second-order valence-corrected chi connectivity index (χ2v) is 3.26. The summed E-state index contributed by atoms with van der Waals surface area (Å²) in [5, 5.41) is 2.73. The van der Waals surface area contributed by atoms with Gasteiger partial charge in [0.25, 0.3) is 0 Å². The average Bonchev–Trinajstić information content (AvgIpc) is 2.37. The average molecular weight is 252 g/mol. The van der Waals surface area contributed by atoms with Crippen molar-refractivity contribution in [3.05, 3.63) is 30.3 Å². The van der Waals surface area contributed by atoms with E-state index in [0.717, 1.165) is 0 Å². The largest absolute Gasteiger partial charge is 0.515 e. The molecule has 6 nitrogen and oxygen atoms in total. The van der Waals surface area contributed by atoms with Crippen LogP contribution in [0.1, 0.15) is 6.92 Å². The van der Waals surface area contributed by atoms with Crippen LogP contribution in [0.4, 0.5) is 4.79 Å². The van der Waals surface area contributed by atoms with E-state index < -0.39 is 12.4 Å². The van der Waals surface area contributed by atoms with Gasteiger partial charge in [-0.25, -0.2) is 9.79 Å². The van der Waals surface area contributed by atoms with Crippen LogP contribution < -0.4 is 10.1 Å². The zero-order valence-corrected chi connectivity index (χ0v) is 10.3. The maximum atomic E-state index is 11.2. The zero-order chi connectivity index (χ0) is 13.2. The lowest BCUT2D eigenvalue weighted by Crippen LogP contribution is -2.17. The highest BCUT2D eigenvalue weighted by atomic mass is 16.8. The third-order valence-electron chi connectivity index (χ3n) is 1.84. The SMILES string of the molecule is CN/C=N\C(C)OCOC(=O)Oc1ccccc1. The van der Waals surface area contributed by atoms with Crippen LogP contribution in [-0.4, -0.2) is 32.6 Å². The lowest BCUT2D eigenvalue weighted by molar-refractivity contribution is -0.0582. The van der Waals surface area contributed by atoms with E-state index in [1.807, 2.05) is 6.07 Å². The maximum absolute atomic E-state index is 11.2. The number of rotatable bonds is 6. The Kier molecular flexibility index (Phi) is 6.27. The summed E-state index contributed by atoms with van der Waals surface area (Å²) in [5.41, 5.74) is 0. The summed E-state index contributed by atoms with van der Waals surface area (Å²) in [4.78, 5) is 15.2. The number of nitrogens with zero attached hydrogens (tertiary/aromatic N) is 1. The van der Waals surface area contributed by atoms with Gasteiger partial charge in [0.15, 0.2) is 13.0 Å². The molecule has 0 aliphatic rings. The molecule has 0 saturated heterocycles. The van der Waals surface area contributed by atoms with Gasteiger partial charge < -0.3 is 19.5 Å². The summed E-state index contributed by atoms with van der Waals surface area (Å²) in [6, 6.07) is 8.65. The van der Waals surface area contributed by atoms with E-state index in [9.17, 15) is 4.79 Å². The highest BCUT2D eigenvalue weighted by Gasteiger charge is 2.06. The Bertz CT molecular complexity index is 381. The molecular formula is C12H16N2O4. The van der Waals surface area contributed by atoms with Crippen molar-refractivity contribution in [2.75, 3.05) is 13.8 Å². The van der Waals surface area contributed by atoms with Gasteiger partial charge in [-0.15, -0.1) is 0 Å². The third kappa shape index (κ3) is 5.86. The minimum absolute atomic E-state index is 0.214. The fourth-order valence-corrected chi connectivity index (χ4v) is 1.02. The molecule has 0 aliphatic carbocycles. The smallest absolute Gasteiger partial charge is 0.407 e. The molecule has 1 atom stereocenters. The summed E-state index contributed by atoms with van der Waals surface area (Å²) in [6.07, 6.45) is 0.278. The monoisotopic (exact) mass is 252 g/mol. The van der Waals surface area contributed by atoms with Gasteiger partial charge in [-0.1, -0.05) is 18.2 Å². The molecule has 0 saturated carbocycles. The van der Waals surface area contributed by atoms with Crippen molar-refractivity contribution in [3.63, 3.8) is 0 Å². The van der Waals surface area contributed by atoms with Crippen LogP contribution in [0.3, 0.4) is 0 Å². The number of nitrogens with one attached hydrogen (secondary N) is 1. The molecule has 0 aromatic heterocycles. The fourth-order valence-electron chi connectivity index (χ4n) is 1.02. The van der Waals surface area contributed by atoms with Crippen LogP contribution in [-0.2, 0) is 9.47 Å². The van der Waals surface area contributed by atoms with Crippen LogP contribution in [0, 0.1) is 0 Å². The minimum Gasteiger partial charge on any atom is -0.407 e. The van der Waals surface area contributed by atoms with E-state index in [1.165, 1.54) is 6.34 Å². The summed E-state index contributed by atoms with van der Waals surface area (Å²) in [5.74, 6) is 0.420. The van der Waals surface area contributed by atoms with Crippen molar-refractivity contribution >= 4 is 12.5 Å². The molecule has 0 bridgehead atoms. The minimum atomic E-state index is -0.814. The summed E-state index contributed by atoms with van der Waals surface area (Å²) in [7, 11) is 1.73. The van der Waals surface area contributed by atoms with Crippen LogP contribution in [0.25, 0.3) is 0 Å². The summed E-state index contributed by atoms with van der Waals surface area (Å²) < 4.78 is 14.7. The van der Waals surface area contributed by atoms with Crippen molar-refractivity contribution in [2.24, 2.45) is 4.99 Å². The zero-order valence-electron chi connectivity index (χ0n) is 10.3. The molecule has 1 N–H and O–H groups in total. The van der Waals surface area contributed by atoms with Gasteiger partial charge in [0, 0.05) is 7.05 Å². The van der Waals surface area contributed by atoms with Crippen LogP contribution in [0.2, 0.25) is 0 Å². The first-order valence-corrected chi connectivity index (χ1v) is 5.42. The Hall–Kier alpha value is -2.08. The van der Waals surface area contributed by atoms with E-state index in [1.54, 1.807) is 38.2 Å². The Morgan fingerprint density at radius 1 is 1.44 bits per heavy atom. The second kappa shape index (κ2) is 8.08. The predicted octanol–water partition coefficient (Wildman–Crippen LogP) is 1.77. The number of hydrogen-bond acceptors (Lipinski definition) is 5. The molecule has 18 heavy (non-hydrogen) atoms. The second-order valence-electron chi connectivity index (χ2n) is 3.26. The molecule has 0 heterocycles. The molecule has 1 aromatic rings. The number of aliphatic imine (C=N–C) groups is 1. The summed E-state index contributed by atoms with van der Waals surface area (Å²) in [6.45, 7) is 1.51. The van der Waals surface area contributed by atoms with E-state index >= 15 is 0 Å². The van der Waals surface area contributed by atoms with Crippen molar-refractivity contribution in [1.29, 1.82) is 0 Å². The third-order valence-corrected chi connectivity index (χ3v) is 1.84. The number of benzene rings is 1. The van der Waals surface area contributed by atoms with Crippen LogP contribution >= 0.6 is 0 Å². The van der Waals surface area contributed by atoms with E-state index in [2.05, 4.69) is 10.3 Å². The first-order valence-electron chi connectivity index (χ1n) is 5.42. The Morgan fingerprint density at radius 3 is 2.83 bits per heavy atom. The molecule has 0 aliphatic heterocycles. The van der Waals surface area contributed by atoms with Crippen molar-refractivity contribution in [1.82, 2.24) is 5.32 Å².